The van der Waals surface area contributed by atoms with Crippen LogP contribution in [0.15, 0.2) is 24.8 Å². The molecule has 1 aromatic rings. The van der Waals surface area contributed by atoms with E-state index in [1.54, 1.807) is 18.2 Å². The van der Waals surface area contributed by atoms with E-state index in [0.29, 0.717) is 11.4 Å². The molecule has 0 unspecified atom stereocenters. The Labute approximate surface area is 76.9 Å². The quantitative estimate of drug-likeness (QED) is 0.681. The van der Waals surface area contributed by atoms with Crippen LogP contribution in [-0.4, -0.2) is 0 Å². The van der Waals surface area contributed by atoms with Gasteiger partial charge in [0.05, 0.1) is 12.5 Å². The Hall–Kier alpha value is -1.26. The van der Waals surface area contributed by atoms with E-state index in [1.165, 1.54) is 0 Å². The minimum atomic E-state index is 0.377. The van der Waals surface area contributed by atoms with Gasteiger partial charge in [-0.05, 0) is 23.3 Å². The van der Waals surface area contributed by atoms with Crippen molar-refractivity contribution < 1.29 is 0 Å². The first-order valence-electron chi connectivity index (χ1n) is 3.55. The van der Waals surface area contributed by atoms with E-state index in [1.807, 2.05) is 6.07 Å². The van der Waals surface area contributed by atoms with E-state index >= 15 is 0 Å². The maximum absolute atomic E-state index is 8.50. The van der Waals surface area contributed by atoms with Crippen LogP contribution in [0, 0.1) is 11.3 Å². The minimum absolute atomic E-state index is 0.377. The summed E-state index contributed by atoms with van der Waals surface area (Å²) in [4.78, 5) is 0. The Bertz CT molecular complexity index is 336. The van der Waals surface area contributed by atoms with E-state index in [9.17, 15) is 0 Å². The number of nitrogens with zero attached hydrogens (tertiary/aromatic N) is 1. The molecule has 12 heavy (non-hydrogen) atoms. The Kier molecular flexibility index (Phi) is 2.90. The van der Waals surface area contributed by atoms with E-state index < -0.39 is 0 Å². The highest BCUT2D eigenvalue weighted by Crippen LogP contribution is 2.17. The summed E-state index contributed by atoms with van der Waals surface area (Å²) < 4.78 is 0. The van der Waals surface area contributed by atoms with Crippen LogP contribution in [0.1, 0.15) is 11.1 Å². The molecule has 0 aliphatic heterocycles. The maximum atomic E-state index is 8.50. The van der Waals surface area contributed by atoms with Crippen LogP contribution in [0.3, 0.4) is 0 Å². The Morgan fingerprint density at radius 3 is 2.92 bits per heavy atom. The van der Waals surface area contributed by atoms with Crippen molar-refractivity contribution in [2.45, 2.75) is 6.42 Å². The van der Waals surface area contributed by atoms with Crippen LogP contribution in [0.5, 0.6) is 0 Å². The average Bonchev–Trinajstić information content (AvgIpc) is 2.05. The molecule has 2 heteroatoms. The third-order valence-corrected chi connectivity index (χ3v) is 1.83. The molecule has 0 aliphatic carbocycles. The lowest BCUT2D eigenvalue weighted by Crippen LogP contribution is -1.86. The summed E-state index contributed by atoms with van der Waals surface area (Å²) in [5.74, 6) is 0. The van der Waals surface area contributed by atoms with Crippen molar-refractivity contribution in [1.29, 1.82) is 5.26 Å². The number of nitriles is 1. The first-order valence-corrected chi connectivity index (χ1v) is 3.93. The summed E-state index contributed by atoms with van der Waals surface area (Å²) in [5.41, 5.74) is 1.90. The molecule has 0 spiro atoms. The van der Waals surface area contributed by atoms with Gasteiger partial charge in [0, 0.05) is 5.02 Å². The van der Waals surface area contributed by atoms with Crippen LogP contribution < -0.4 is 0 Å². The summed E-state index contributed by atoms with van der Waals surface area (Å²) in [7, 11) is 0. The average molecular weight is 178 g/mol. The highest BCUT2D eigenvalue weighted by atomic mass is 35.5. The Morgan fingerprint density at radius 1 is 1.58 bits per heavy atom. The fourth-order valence-electron chi connectivity index (χ4n) is 1.01. The van der Waals surface area contributed by atoms with Crippen molar-refractivity contribution in [3.05, 3.63) is 40.9 Å². The molecular formula is C10H8ClN. The van der Waals surface area contributed by atoms with Crippen molar-refractivity contribution in [3.8, 4) is 6.07 Å². The zero-order chi connectivity index (χ0) is 8.97. The van der Waals surface area contributed by atoms with Crippen molar-refractivity contribution in [1.82, 2.24) is 0 Å². The maximum Gasteiger partial charge on any atom is 0.0669 e. The van der Waals surface area contributed by atoms with Gasteiger partial charge >= 0.3 is 0 Å². The number of halogens is 1. The fourth-order valence-corrected chi connectivity index (χ4v) is 1.21. The number of hydrogen-bond acceptors (Lipinski definition) is 1. The predicted octanol–water partition coefficient (Wildman–Crippen LogP) is 3.05. The van der Waals surface area contributed by atoms with Crippen molar-refractivity contribution in [2.75, 3.05) is 0 Å². The lowest BCUT2D eigenvalue weighted by molar-refractivity contribution is 1.25. The Morgan fingerprint density at radius 2 is 2.33 bits per heavy atom. The molecule has 1 nitrogen and oxygen atoms in total. The normalized spacial score (nSPS) is 9.00. The molecule has 0 N–H and O–H groups in total. The lowest BCUT2D eigenvalue weighted by Gasteiger charge is -2.01. The van der Waals surface area contributed by atoms with Gasteiger partial charge in [0.15, 0.2) is 0 Å². The molecule has 1 aromatic carbocycles. The molecule has 0 atom stereocenters. The molecule has 0 amide bonds. The van der Waals surface area contributed by atoms with E-state index in [0.717, 1.165) is 11.1 Å². The lowest BCUT2D eigenvalue weighted by atomic mass is 10.1. The molecule has 0 aromatic heterocycles. The van der Waals surface area contributed by atoms with Gasteiger partial charge in [-0.1, -0.05) is 30.3 Å². The summed E-state index contributed by atoms with van der Waals surface area (Å²) in [6.45, 7) is 3.65. The second-order valence-corrected chi connectivity index (χ2v) is 2.82. The molecule has 0 fully saturated rings. The summed E-state index contributed by atoms with van der Waals surface area (Å²) in [6.07, 6.45) is 2.10. The zero-order valence-corrected chi connectivity index (χ0v) is 7.30. The molecule has 0 heterocycles. The zero-order valence-electron chi connectivity index (χ0n) is 6.55. The SMILES string of the molecule is C=Cc1ccc(Cl)cc1CC#N. The first-order chi connectivity index (χ1) is 5.77. The third kappa shape index (κ3) is 1.87. The van der Waals surface area contributed by atoms with Gasteiger partial charge in [-0.25, -0.2) is 0 Å². The van der Waals surface area contributed by atoms with Gasteiger partial charge in [-0.15, -0.1) is 0 Å². The molecule has 1 rings (SSSR count). The van der Waals surface area contributed by atoms with Crippen molar-refractivity contribution >= 4 is 17.7 Å². The van der Waals surface area contributed by atoms with Gasteiger partial charge in [0.2, 0.25) is 0 Å². The Balaban J connectivity index is 3.14. The fraction of sp³-hybridized carbons (Fsp3) is 0.100. The summed E-state index contributed by atoms with van der Waals surface area (Å²) in [6, 6.07) is 7.53. The second kappa shape index (κ2) is 3.94. The first kappa shape index (κ1) is 8.83. The number of benzene rings is 1. The van der Waals surface area contributed by atoms with Gasteiger partial charge in [-0.2, -0.15) is 5.26 Å². The van der Waals surface area contributed by atoms with E-state index in [-0.39, 0.29) is 0 Å². The van der Waals surface area contributed by atoms with Crippen LogP contribution in [0.2, 0.25) is 5.02 Å². The van der Waals surface area contributed by atoms with Gasteiger partial charge in [0.25, 0.3) is 0 Å². The van der Waals surface area contributed by atoms with Gasteiger partial charge in [0.1, 0.15) is 0 Å². The highest BCUT2D eigenvalue weighted by Gasteiger charge is 1.98. The predicted molar refractivity (Wildman–Crippen MR) is 50.9 cm³/mol. The van der Waals surface area contributed by atoms with Crippen LogP contribution in [0.25, 0.3) is 6.08 Å². The topological polar surface area (TPSA) is 23.8 Å². The van der Waals surface area contributed by atoms with Gasteiger partial charge in [-0.3, -0.25) is 0 Å². The smallest absolute Gasteiger partial charge is 0.0669 e. The molecule has 0 saturated heterocycles. The second-order valence-electron chi connectivity index (χ2n) is 2.38. The molecule has 60 valence electrons. The molecule has 0 saturated carbocycles. The standard InChI is InChI=1S/C10H8ClN/c1-2-8-3-4-10(11)7-9(8)5-6-12/h2-4,7H,1,5H2. The molecule has 0 aliphatic rings. The monoisotopic (exact) mass is 177 g/mol. The van der Waals surface area contributed by atoms with Gasteiger partial charge < -0.3 is 0 Å². The summed E-state index contributed by atoms with van der Waals surface area (Å²) >= 11 is 5.77. The largest absolute Gasteiger partial charge is 0.198 e. The van der Waals surface area contributed by atoms with Crippen LogP contribution in [0.4, 0.5) is 0 Å². The van der Waals surface area contributed by atoms with Crippen LogP contribution >= 0.6 is 11.6 Å². The van der Waals surface area contributed by atoms with E-state index in [2.05, 4.69) is 12.6 Å². The number of rotatable bonds is 2. The molecule has 0 bridgehead atoms. The molecule has 0 radical (unpaired) electrons. The highest BCUT2D eigenvalue weighted by molar-refractivity contribution is 6.30. The summed E-state index contributed by atoms with van der Waals surface area (Å²) in [5, 5.41) is 9.16. The molecular weight excluding hydrogens is 170 g/mol. The third-order valence-electron chi connectivity index (χ3n) is 1.59. The number of hydrogen-bond donors (Lipinski definition) is 0. The van der Waals surface area contributed by atoms with Crippen molar-refractivity contribution in [2.24, 2.45) is 0 Å². The minimum Gasteiger partial charge on any atom is -0.198 e. The van der Waals surface area contributed by atoms with E-state index in [4.69, 9.17) is 16.9 Å². The van der Waals surface area contributed by atoms with Crippen LogP contribution in [-0.2, 0) is 6.42 Å². The van der Waals surface area contributed by atoms with Crippen molar-refractivity contribution in [3.63, 3.8) is 0 Å².